The van der Waals surface area contributed by atoms with Crippen LogP contribution >= 0.6 is 11.3 Å². The molecule has 1 heterocycles. The Morgan fingerprint density at radius 1 is 1.04 bits per heavy atom. The van der Waals surface area contributed by atoms with Crippen LogP contribution in [0.15, 0.2) is 35.7 Å². The summed E-state index contributed by atoms with van der Waals surface area (Å²) >= 11 is 1.68. The first-order valence-electron chi connectivity index (χ1n) is 9.49. The molecule has 1 N–H and O–H groups in total. The first-order valence-corrected chi connectivity index (χ1v) is 10.4. The van der Waals surface area contributed by atoms with Crippen LogP contribution in [0.3, 0.4) is 0 Å². The van der Waals surface area contributed by atoms with Gasteiger partial charge in [-0.05, 0) is 47.3 Å². The SMILES string of the molecule is CC(C)c1cccc(C(C)C)c1NC(=O)COC(=O)CCCc1cccs1. The molecule has 1 amide bonds. The second kappa shape index (κ2) is 10.3. The Balaban J connectivity index is 1.87. The Morgan fingerprint density at radius 2 is 1.70 bits per heavy atom. The Kier molecular flexibility index (Phi) is 8.04. The number of carbonyl (C=O) groups excluding carboxylic acids is 2. The van der Waals surface area contributed by atoms with Crippen LogP contribution in [-0.4, -0.2) is 18.5 Å². The van der Waals surface area contributed by atoms with Gasteiger partial charge in [-0.25, -0.2) is 0 Å². The number of anilines is 1. The van der Waals surface area contributed by atoms with Crippen molar-refractivity contribution in [3.05, 3.63) is 51.7 Å². The highest BCUT2D eigenvalue weighted by molar-refractivity contribution is 7.09. The lowest BCUT2D eigenvalue weighted by Gasteiger charge is -2.20. The third kappa shape index (κ3) is 6.51. The molecule has 5 heteroatoms. The first kappa shape index (κ1) is 21.2. The summed E-state index contributed by atoms with van der Waals surface area (Å²) in [6, 6.07) is 10.1. The van der Waals surface area contributed by atoms with E-state index in [1.165, 1.54) is 4.88 Å². The van der Waals surface area contributed by atoms with Crippen LogP contribution in [0, 0.1) is 0 Å². The molecule has 0 bridgehead atoms. The third-order valence-corrected chi connectivity index (χ3v) is 5.32. The molecule has 0 radical (unpaired) electrons. The average molecular weight is 388 g/mol. The van der Waals surface area contributed by atoms with Gasteiger partial charge in [0.15, 0.2) is 6.61 Å². The van der Waals surface area contributed by atoms with E-state index in [0.717, 1.165) is 29.7 Å². The zero-order chi connectivity index (χ0) is 19.8. The number of hydrogen-bond donors (Lipinski definition) is 1. The Labute approximate surface area is 165 Å². The van der Waals surface area contributed by atoms with Crippen LogP contribution in [0.1, 0.15) is 68.4 Å². The highest BCUT2D eigenvalue weighted by atomic mass is 32.1. The third-order valence-electron chi connectivity index (χ3n) is 4.39. The molecule has 0 fully saturated rings. The molecule has 2 rings (SSSR count). The minimum Gasteiger partial charge on any atom is -0.456 e. The van der Waals surface area contributed by atoms with Crippen LogP contribution < -0.4 is 5.32 Å². The molecule has 146 valence electrons. The van der Waals surface area contributed by atoms with E-state index >= 15 is 0 Å². The van der Waals surface area contributed by atoms with Crippen molar-refractivity contribution in [1.82, 2.24) is 0 Å². The van der Waals surface area contributed by atoms with E-state index in [2.05, 4.69) is 39.1 Å². The molecule has 0 aliphatic heterocycles. The highest BCUT2D eigenvalue weighted by Gasteiger charge is 2.16. The van der Waals surface area contributed by atoms with E-state index in [1.54, 1.807) is 11.3 Å². The fourth-order valence-electron chi connectivity index (χ4n) is 2.95. The number of para-hydroxylation sites is 1. The predicted octanol–water partition coefficient (Wildman–Crippen LogP) is 5.50. The van der Waals surface area contributed by atoms with Gasteiger partial charge in [-0.2, -0.15) is 0 Å². The standard InChI is InChI=1S/C22H29NO3S/c1-15(2)18-10-6-11-19(16(3)4)22(18)23-20(24)14-26-21(25)12-5-8-17-9-7-13-27-17/h6-7,9-11,13,15-16H,5,8,12,14H2,1-4H3,(H,23,24). The number of carbonyl (C=O) groups is 2. The Morgan fingerprint density at radius 3 is 2.26 bits per heavy atom. The maximum absolute atomic E-state index is 12.3. The first-order chi connectivity index (χ1) is 12.9. The van der Waals surface area contributed by atoms with E-state index in [4.69, 9.17) is 4.74 Å². The fraction of sp³-hybridized carbons (Fsp3) is 0.455. The van der Waals surface area contributed by atoms with E-state index in [9.17, 15) is 9.59 Å². The molecular weight excluding hydrogens is 358 g/mol. The molecule has 0 aliphatic rings. The van der Waals surface area contributed by atoms with Crippen molar-refractivity contribution < 1.29 is 14.3 Å². The molecule has 0 unspecified atom stereocenters. The second-order valence-corrected chi connectivity index (χ2v) is 8.29. The lowest BCUT2D eigenvalue weighted by molar-refractivity contribution is -0.147. The molecule has 4 nitrogen and oxygen atoms in total. The molecule has 27 heavy (non-hydrogen) atoms. The van der Waals surface area contributed by atoms with E-state index in [1.807, 2.05) is 29.6 Å². The van der Waals surface area contributed by atoms with E-state index in [0.29, 0.717) is 18.3 Å². The molecule has 0 saturated carbocycles. The van der Waals surface area contributed by atoms with Crippen molar-refractivity contribution >= 4 is 28.9 Å². The van der Waals surface area contributed by atoms with Gasteiger partial charge in [0, 0.05) is 17.0 Å². The summed E-state index contributed by atoms with van der Waals surface area (Å²) < 4.78 is 5.15. The van der Waals surface area contributed by atoms with Crippen molar-refractivity contribution in [2.45, 2.75) is 58.8 Å². The summed E-state index contributed by atoms with van der Waals surface area (Å²) in [6.07, 6.45) is 1.91. The minimum absolute atomic E-state index is 0.248. The molecule has 0 spiro atoms. The number of nitrogens with one attached hydrogen (secondary N) is 1. The summed E-state index contributed by atoms with van der Waals surface area (Å²) in [7, 11) is 0. The predicted molar refractivity (Wildman–Crippen MR) is 111 cm³/mol. The molecule has 1 aromatic carbocycles. The van der Waals surface area contributed by atoms with Gasteiger partial charge in [-0.1, -0.05) is 52.0 Å². The summed E-state index contributed by atoms with van der Waals surface area (Å²) in [6.45, 7) is 8.15. The normalized spacial score (nSPS) is 11.0. The summed E-state index contributed by atoms with van der Waals surface area (Å²) in [5.41, 5.74) is 3.04. The fourth-order valence-corrected chi connectivity index (χ4v) is 3.70. The molecule has 0 aliphatic carbocycles. The largest absolute Gasteiger partial charge is 0.456 e. The quantitative estimate of drug-likeness (QED) is 0.578. The molecule has 0 saturated heterocycles. The van der Waals surface area contributed by atoms with Gasteiger partial charge in [0.1, 0.15) is 0 Å². The maximum atomic E-state index is 12.3. The van der Waals surface area contributed by atoms with Crippen LogP contribution in [0.5, 0.6) is 0 Å². The number of benzene rings is 1. The topological polar surface area (TPSA) is 55.4 Å². The average Bonchev–Trinajstić information content (AvgIpc) is 3.13. The Hall–Kier alpha value is -2.14. The molecular formula is C22H29NO3S. The monoisotopic (exact) mass is 387 g/mol. The maximum Gasteiger partial charge on any atom is 0.306 e. The highest BCUT2D eigenvalue weighted by Crippen LogP contribution is 2.32. The summed E-state index contributed by atoms with van der Waals surface area (Å²) in [5.74, 6) is -0.0443. The van der Waals surface area contributed by atoms with Crippen molar-refractivity contribution in [3.63, 3.8) is 0 Å². The number of esters is 1. The van der Waals surface area contributed by atoms with Gasteiger partial charge in [-0.15, -0.1) is 11.3 Å². The van der Waals surface area contributed by atoms with Gasteiger partial charge in [0.25, 0.3) is 5.91 Å². The number of rotatable bonds is 9. The van der Waals surface area contributed by atoms with Gasteiger partial charge < -0.3 is 10.1 Å². The number of ether oxygens (including phenoxy) is 1. The van der Waals surface area contributed by atoms with Crippen LogP contribution in [0.2, 0.25) is 0 Å². The van der Waals surface area contributed by atoms with Crippen LogP contribution in [0.25, 0.3) is 0 Å². The summed E-state index contributed by atoms with van der Waals surface area (Å²) in [5, 5.41) is 4.99. The lowest BCUT2D eigenvalue weighted by atomic mass is 9.92. The van der Waals surface area contributed by atoms with Crippen molar-refractivity contribution in [2.75, 3.05) is 11.9 Å². The van der Waals surface area contributed by atoms with E-state index in [-0.39, 0.29) is 18.5 Å². The van der Waals surface area contributed by atoms with E-state index < -0.39 is 0 Å². The number of hydrogen-bond acceptors (Lipinski definition) is 4. The molecule has 2 aromatic rings. The van der Waals surface area contributed by atoms with Gasteiger partial charge in [0.2, 0.25) is 0 Å². The smallest absolute Gasteiger partial charge is 0.306 e. The van der Waals surface area contributed by atoms with Crippen molar-refractivity contribution in [1.29, 1.82) is 0 Å². The lowest BCUT2D eigenvalue weighted by Crippen LogP contribution is -2.22. The van der Waals surface area contributed by atoms with Gasteiger partial charge in [-0.3, -0.25) is 9.59 Å². The van der Waals surface area contributed by atoms with Crippen molar-refractivity contribution in [2.24, 2.45) is 0 Å². The van der Waals surface area contributed by atoms with Crippen molar-refractivity contribution in [3.8, 4) is 0 Å². The minimum atomic E-state index is -0.331. The summed E-state index contributed by atoms with van der Waals surface area (Å²) in [4.78, 5) is 25.5. The number of thiophene rings is 1. The number of amides is 1. The second-order valence-electron chi connectivity index (χ2n) is 7.26. The zero-order valence-electron chi connectivity index (χ0n) is 16.6. The zero-order valence-corrected chi connectivity index (χ0v) is 17.4. The molecule has 1 aromatic heterocycles. The van der Waals surface area contributed by atoms with Gasteiger partial charge in [0.05, 0.1) is 0 Å². The van der Waals surface area contributed by atoms with Gasteiger partial charge >= 0.3 is 5.97 Å². The van der Waals surface area contributed by atoms with Crippen LogP contribution in [0.4, 0.5) is 5.69 Å². The molecule has 0 atom stereocenters. The Bertz CT molecular complexity index is 725. The number of aryl methyl sites for hydroxylation is 1. The van der Waals surface area contributed by atoms with Crippen LogP contribution in [-0.2, 0) is 20.7 Å².